The second kappa shape index (κ2) is 5.24. The van der Waals surface area contributed by atoms with Crippen LogP contribution in [0.3, 0.4) is 0 Å². The highest BCUT2D eigenvalue weighted by atomic mass is 35.5. The molecule has 1 heterocycles. The van der Waals surface area contributed by atoms with Gasteiger partial charge in [-0.1, -0.05) is 18.2 Å². The number of ether oxygens (including phenoxy) is 1. The molecular weight excluding hydrogens is 276 g/mol. The smallest absolute Gasteiger partial charge is 0.119 e. The summed E-state index contributed by atoms with van der Waals surface area (Å²) in [5.41, 5.74) is 2.28. The first kappa shape index (κ1) is 12.5. The fourth-order valence-corrected chi connectivity index (χ4v) is 3.17. The Morgan fingerprint density at radius 3 is 2.53 bits per heavy atom. The van der Waals surface area contributed by atoms with E-state index in [9.17, 15) is 0 Å². The van der Waals surface area contributed by atoms with Gasteiger partial charge in [-0.3, -0.25) is 0 Å². The first-order chi connectivity index (χ1) is 9.28. The van der Waals surface area contributed by atoms with Crippen molar-refractivity contribution in [3.8, 4) is 5.75 Å². The minimum atomic E-state index is -0.0854. The highest BCUT2D eigenvalue weighted by molar-refractivity contribution is 7.08. The van der Waals surface area contributed by atoms with Gasteiger partial charge >= 0.3 is 0 Å². The van der Waals surface area contributed by atoms with Gasteiger partial charge in [-0.15, -0.1) is 11.6 Å². The lowest BCUT2D eigenvalue weighted by atomic mass is 10.0. The van der Waals surface area contributed by atoms with Crippen molar-refractivity contribution in [1.82, 2.24) is 0 Å². The van der Waals surface area contributed by atoms with E-state index >= 15 is 0 Å². The third kappa shape index (κ3) is 2.46. The predicted octanol–water partition coefficient (Wildman–Crippen LogP) is 5.24. The maximum atomic E-state index is 6.51. The quantitative estimate of drug-likeness (QED) is 0.599. The van der Waals surface area contributed by atoms with Crippen LogP contribution in [0.15, 0.2) is 53.2 Å². The summed E-state index contributed by atoms with van der Waals surface area (Å²) >= 11 is 8.18. The third-order valence-corrected chi connectivity index (χ3v) is 4.41. The molecule has 1 aromatic heterocycles. The molecule has 0 aliphatic rings. The molecule has 2 aromatic carbocycles. The van der Waals surface area contributed by atoms with Gasteiger partial charge in [0, 0.05) is 0 Å². The molecule has 0 radical (unpaired) electrons. The van der Waals surface area contributed by atoms with Crippen LogP contribution in [0.5, 0.6) is 5.75 Å². The molecule has 0 N–H and O–H groups in total. The Morgan fingerprint density at radius 1 is 1.00 bits per heavy atom. The SMILES string of the molecule is COc1ccc2cc(C(Cl)c3ccsc3)ccc2c1. The number of halogens is 1. The normalized spacial score (nSPS) is 12.5. The number of thiophene rings is 1. The van der Waals surface area contributed by atoms with Crippen molar-refractivity contribution in [1.29, 1.82) is 0 Å². The van der Waals surface area contributed by atoms with E-state index in [1.54, 1.807) is 18.4 Å². The lowest BCUT2D eigenvalue weighted by Crippen LogP contribution is -1.91. The summed E-state index contributed by atoms with van der Waals surface area (Å²) in [7, 11) is 1.68. The van der Waals surface area contributed by atoms with E-state index in [4.69, 9.17) is 16.3 Å². The summed E-state index contributed by atoms with van der Waals surface area (Å²) in [5, 5.41) is 6.40. The van der Waals surface area contributed by atoms with Crippen molar-refractivity contribution < 1.29 is 4.74 Å². The molecule has 0 spiro atoms. The Labute approximate surface area is 121 Å². The predicted molar refractivity (Wildman–Crippen MR) is 82.5 cm³/mol. The zero-order valence-corrected chi connectivity index (χ0v) is 12.0. The van der Waals surface area contributed by atoms with E-state index in [0.29, 0.717) is 0 Å². The van der Waals surface area contributed by atoms with Gasteiger partial charge in [-0.25, -0.2) is 0 Å². The number of hydrogen-bond donors (Lipinski definition) is 0. The molecule has 1 nitrogen and oxygen atoms in total. The van der Waals surface area contributed by atoms with Gasteiger partial charge in [0.1, 0.15) is 5.75 Å². The Morgan fingerprint density at radius 2 is 1.79 bits per heavy atom. The molecule has 1 unspecified atom stereocenters. The molecule has 0 saturated heterocycles. The van der Waals surface area contributed by atoms with Crippen molar-refractivity contribution >= 4 is 33.7 Å². The summed E-state index contributed by atoms with van der Waals surface area (Å²) in [6, 6.07) is 14.5. The molecule has 3 rings (SSSR count). The topological polar surface area (TPSA) is 9.23 Å². The first-order valence-corrected chi connectivity index (χ1v) is 7.40. The Bertz CT molecular complexity index is 691. The van der Waals surface area contributed by atoms with Crippen LogP contribution in [-0.2, 0) is 0 Å². The van der Waals surface area contributed by atoms with Gasteiger partial charge in [-0.2, -0.15) is 11.3 Å². The fourth-order valence-electron chi connectivity index (χ4n) is 2.14. The van der Waals surface area contributed by atoms with E-state index in [1.807, 2.05) is 12.1 Å². The highest BCUT2D eigenvalue weighted by Gasteiger charge is 2.11. The van der Waals surface area contributed by atoms with Crippen molar-refractivity contribution in [3.05, 3.63) is 64.4 Å². The van der Waals surface area contributed by atoms with E-state index < -0.39 is 0 Å². The molecule has 96 valence electrons. The number of hydrogen-bond acceptors (Lipinski definition) is 2. The molecule has 19 heavy (non-hydrogen) atoms. The summed E-state index contributed by atoms with van der Waals surface area (Å²) < 4.78 is 5.23. The number of benzene rings is 2. The Balaban J connectivity index is 2.02. The average molecular weight is 289 g/mol. The number of fused-ring (bicyclic) bond motifs is 1. The fraction of sp³-hybridized carbons (Fsp3) is 0.125. The summed E-state index contributed by atoms with van der Waals surface area (Å²) in [5.74, 6) is 0.875. The van der Waals surface area contributed by atoms with Crippen molar-refractivity contribution in [2.45, 2.75) is 5.38 Å². The van der Waals surface area contributed by atoms with E-state index in [0.717, 1.165) is 22.3 Å². The minimum Gasteiger partial charge on any atom is -0.497 e. The summed E-state index contributed by atoms with van der Waals surface area (Å²) in [4.78, 5) is 0. The van der Waals surface area contributed by atoms with Crippen LogP contribution in [0.1, 0.15) is 16.5 Å². The molecule has 0 fully saturated rings. The zero-order chi connectivity index (χ0) is 13.2. The second-order valence-corrected chi connectivity index (χ2v) is 5.61. The van der Waals surface area contributed by atoms with Crippen LogP contribution in [0.4, 0.5) is 0 Å². The van der Waals surface area contributed by atoms with E-state index in [-0.39, 0.29) is 5.38 Å². The summed E-state index contributed by atoms with van der Waals surface area (Å²) in [6.45, 7) is 0. The standard InChI is InChI=1S/C16H13ClOS/c1-18-15-5-4-11-8-13(3-2-12(11)9-15)16(17)14-6-7-19-10-14/h2-10,16H,1H3. The van der Waals surface area contributed by atoms with Crippen molar-refractivity contribution in [2.24, 2.45) is 0 Å². The van der Waals surface area contributed by atoms with Crippen LogP contribution in [0.2, 0.25) is 0 Å². The molecule has 0 bridgehead atoms. The van der Waals surface area contributed by atoms with Gasteiger partial charge in [0.05, 0.1) is 12.5 Å². The minimum absolute atomic E-state index is 0.0854. The molecule has 0 aliphatic carbocycles. The van der Waals surface area contributed by atoms with Crippen LogP contribution < -0.4 is 4.74 Å². The highest BCUT2D eigenvalue weighted by Crippen LogP contribution is 2.32. The summed E-state index contributed by atoms with van der Waals surface area (Å²) in [6.07, 6.45) is 0. The maximum absolute atomic E-state index is 6.51. The van der Waals surface area contributed by atoms with Gasteiger partial charge < -0.3 is 4.74 Å². The molecule has 1 atom stereocenters. The van der Waals surface area contributed by atoms with Gasteiger partial charge in [0.15, 0.2) is 0 Å². The second-order valence-electron chi connectivity index (χ2n) is 4.39. The van der Waals surface area contributed by atoms with Gasteiger partial charge in [0.25, 0.3) is 0 Å². The van der Waals surface area contributed by atoms with Gasteiger partial charge in [-0.05, 0) is 56.9 Å². The van der Waals surface area contributed by atoms with Crippen LogP contribution in [0, 0.1) is 0 Å². The lowest BCUT2D eigenvalue weighted by Gasteiger charge is -2.10. The first-order valence-electron chi connectivity index (χ1n) is 6.02. The van der Waals surface area contributed by atoms with Crippen LogP contribution in [-0.4, -0.2) is 7.11 Å². The molecule has 3 aromatic rings. The van der Waals surface area contributed by atoms with E-state index in [2.05, 4.69) is 41.1 Å². The molecule has 0 amide bonds. The number of methoxy groups -OCH3 is 1. The van der Waals surface area contributed by atoms with Crippen molar-refractivity contribution in [2.75, 3.05) is 7.11 Å². The van der Waals surface area contributed by atoms with E-state index in [1.165, 1.54) is 5.39 Å². The Kier molecular flexibility index (Phi) is 3.45. The van der Waals surface area contributed by atoms with Crippen molar-refractivity contribution in [3.63, 3.8) is 0 Å². The molecule has 3 heteroatoms. The number of rotatable bonds is 3. The zero-order valence-electron chi connectivity index (χ0n) is 10.5. The van der Waals surface area contributed by atoms with Gasteiger partial charge in [0.2, 0.25) is 0 Å². The molecule has 0 aliphatic heterocycles. The van der Waals surface area contributed by atoms with Crippen LogP contribution >= 0.6 is 22.9 Å². The maximum Gasteiger partial charge on any atom is 0.119 e. The average Bonchev–Trinajstić information content (AvgIpc) is 2.99. The Hall–Kier alpha value is -1.51. The molecule has 0 saturated carbocycles. The van der Waals surface area contributed by atoms with Crippen LogP contribution in [0.25, 0.3) is 10.8 Å². The largest absolute Gasteiger partial charge is 0.497 e. The number of alkyl halides is 1. The lowest BCUT2D eigenvalue weighted by molar-refractivity contribution is 0.415. The monoisotopic (exact) mass is 288 g/mol. The molecular formula is C16H13ClOS. The third-order valence-electron chi connectivity index (χ3n) is 3.20.